The number of hydrogen-bond donors (Lipinski definition) is 0. The van der Waals surface area contributed by atoms with E-state index in [0.717, 1.165) is 71.2 Å². The number of amides is 2. The molecule has 130 valence electrons. The summed E-state index contributed by atoms with van der Waals surface area (Å²) in [7, 11) is 0. The Hall–Kier alpha value is -1.10. The van der Waals surface area contributed by atoms with Crippen molar-refractivity contribution in [2.45, 2.75) is 70.4 Å². The van der Waals surface area contributed by atoms with Crippen LogP contribution in [-0.4, -0.2) is 60.0 Å². The standard InChI is InChI=1S/C18H30N2O3/c1-14-7-10-19(11-8-14)18(22)16-6-4-9-20(16)17(21)13-15-5-2-3-12-23-15/h14-16H,2-13H2,1H3. The summed E-state index contributed by atoms with van der Waals surface area (Å²) in [5.41, 5.74) is 0. The van der Waals surface area contributed by atoms with E-state index >= 15 is 0 Å². The molecule has 5 nitrogen and oxygen atoms in total. The van der Waals surface area contributed by atoms with Gasteiger partial charge in [0.15, 0.2) is 0 Å². The van der Waals surface area contributed by atoms with E-state index in [1.54, 1.807) is 0 Å². The topological polar surface area (TPSA) is 49.9 Å². The molecular weight excluding hydrogens is 292 g/mol. The summed E-state index contributed by atoms with van der Waals surface area (Å²) in [4.78, 5) is 29.3. The monoisotopic (exact) mass is 322 g/mol. The third-order valence-corrected chi connectivity index (χ3v) is 5.63. The van der Waals surface area contributed by atoms with E-state index in [4.69, 9.17) is 4.74 Å². The van der Waals surface area contributed by atoms with Crippen LogP contribution in [0.3, 0.4) is 0 Å². The number of likely N-dealkylation sites (tertiary alicyclic amines) is 2. The van der Waals surface area contributed by atoms with Gasteiger partial charge in [-0.3, -0.25) is 9.59 Å². The molecular formula is C18H30N2O3. The largest absolute Gasteiger partial charge is 0.378 e. The predicted molar refractivity (Wildman–Crippen MR) is 87.9 cm³/mol. The minimum absolute atomic E-state index is 0.0587. The summed E-state index contributed by atoms with van der Waals surface area (Å²) in [5, 5.41) is 0. The third kappa shape index (κ3) is 4.06. The Morgan fingerprint density at radius 1 is 1.00 bits per heavy atom. The van der Waals surface area contributed by atoms with E-state index in [2.05, 4.69) is 6.92 Å². The second-order valence-electron chi connectivity index (χ2n) is 7.45. The van der Waals surface area contributed by atoms with Gasteiger partial charge in [0.1, 0.15) is 6.04 Å². The van der Waals surface area contributed by atoms with Crippen molar-refractivity contribution in [1.29, 1.82) is 0 Å². The van der Waals surface area contributed by atoms with Gasteiger partial charge >= 0.3 is 0 Å². The molecule has 0 aromatic rings. The summed E-state index contributed by atoms with van der Waals surface area (Å²) in [6.07, 6.45) is 7.66. The van der Waals surface area contributed by atoms with E-state index in [1.165, 1.54) is 0 Å². The number of carbonyl (C=O) groups excluding carboxylic acids is 2. The number of hydrogen-bond acceptors (Lipinski definition) is 3. The lowest BCUT2D eigenvalue weighted by Gasteiger charge is -2.35. The quantitative estimate of drug-likeness (QED) is 0.800. The zero-order valence-electron chi connectivity index (χ0n) is 14.3. The van der Waals surface area contributed by atoms with Crippen LogP contribution in [0.1, 0.15) is 58.3 Å². The lowest BCUT2D eigenvalue weighted by molar-refractivity contribution is -0.146. The predicted octanol–water partition coefficient (Wildman–Crippen LogP) is 2.20. The van der Waals surface area contributed by atoms with Gasteiger partial charge in [-0.1, -0.05) is 6.92 Å². The molecule has 0 aromatic carbocycles. The average Bonchev–Trinajstić information content (AvgIpc) is 3.05. The molecule has 3 saturated heterocycles. The van der Waals surface area contributed by atoms with Gasteiger partial charge in [0.25, 0.3) is 0 Å². The highest BCUT2D eigenvalue weighted by Crippen LogP contribution is 2.25. The van der Waals surface area contributed by atoms with Crippen molar-refractivity contribution in [1.82, 2.24) is 9.80 Å². The summed E-state index contributed by atoms with van der Waals surface area (Å²) >= 11 is 0. The number of nitrogens with zero attached hydrogens (tertiary/aromatic N) is 2. The van der Waals surface area contributed by atoms with Crippen molar-refractivity contribution in [3.8, 4) is 0 Å². The summed E-state index contributed by atoms with van der Waals surface area (Å²) < 4.78 is 5.69. The normalized spacial score (nSPS) is 29.8. The first-order chi connectivity index (χ1) is 11.1. The smallest absolute Gasteiger partial charge is 0.245 e. The maximum absolute atomic E-state index is 12.8. The molecule has 0 spiro atoms. The van der Waals surface area contributed by atoms with E-state index in [0.29, 0.717) is 12.3 Å². The Morgan fingerprint density at radius 3 is 2.48 bits per heavy atom. The summed E-state index contributed by atoms with van der Waals surface area (Å²) in [6, 6.07) is -0.223. The molecule has 2 atom stereocenters. The highest BCUT2D eigenvalue weighted by molar-refractivity contribution is 5.88. The second-order valence-corrected chi connectivity index (χ2v) is 7.45. The van der Waals surface area contributed by atoms with Crippen LogP contribution in [0.4, 0.5) is 0 Å². The van der Waals surface area contributed by atoms with Crippen LogP contribution < -0.4 is 0 Å². The average molecular weight is 322 g/mol. The van der Waals surface area contributed by atoms with Gasteiger partial charge in [-0.2, -0.15) is 0 Å². The van der Waals surface area contributed by atoms with Gasteiger partial charge < -0.3 is 14.5 Å². The molecule has 3 rings (SSSR count). The van der Waals surface area contributed by atoms with Crippen LogP contribution in [0.2, 0.25) is 0 Å². The second kappa shape index (κ2) is 7.65. The van der Waals surface area contributed by atoms with Crippen molar-refractivity contribution in [2.24, 2.45) is 5.92 Å². The molecule has 0 aromatic heterocycles. The lowest BCUT2D eigenvalue weighted by atomic mass is 9.98. The van der Waals surface area contributed by atoms with Crippen LogP contribution in [-0.2, 0) is 14.3 Å². The van der Waals surface area contributed by atoms with Crippen LogP contribution >= 0.6 is 0 Å². The minimum Gasteiger partial charge on any atom is -0.378 e. The van der Waals surface area contributed by atoms with Crippen molar-refractivity contribution in [3.63, 3.8) is 0 Å². The lowest BCUT2D eigenvalue weighted by Crippen LogP contribution is -2.50. The van der Waals surface area contributed by atoms with Crippen LogP contribution in [0.25, 0.3) is 0 Å². The molecule has 0 N–H and O–H groups in total. The van der Waals surface area contributed by atoms with Crippen molar-refractivity contribution < 1.29 is 14.3 Å². The van der Waals surface area contributed by atoms with Crippen molar-refractivity contribution >= 4 is 11.8 Å². The molecule has 0 aliphatic carbocycles. The maximum Gasteiger partial charge on any atom is 0.245 e. The molecule has 2 unspecified atom stereocenters. The van der Waals surface area contributed by atoms with Gasteiger partial charge in [-0.05, 0) is 50.9 Å². The SMILES string of the molecule is CC1CCN(C(=O)C2CCCN2C(=O)CC2CCCCO2)CC1. The Morgan fingerprint density at radius 2 is 1.78 bits per heavy atom. The van der Waals surface area contributed by atoms with Crippen molar-refractivity contribution in [2.75, 3.05) is 26.2 Å². The molecule has 0 saturated carbocycles. The summed E-state index contributed by atoms with van der Waals surface area (Å²) in [6.45, 7) is 5.45. The molecule has 3 fully saturated rings. The highest BCUT2D eigenvalue weighted by Gasteiger charge is 2.37. The van der Waals surface area contributed by atoms with Crippen LogP contribution in [0, 0.1) is 5.92 Å². The summed E-state index contributed by atoms with van der Waals surface area (Å²) in [5.74, 6) is 0.995. The number of rotatable bonds is 3. The minimum atomic E-state index is -0.223. The van der Waals surface area contributed by atoms with Gasteiger partial charge in [0.2, 0.25) is 11.8 Å². The Labute approximate surface area is 139 Å². The van der Waals surface area contributed by atoms with Gasteiger partial charge in [-0.15, -0.1) is 0 Å². The van der Waals surface area contributed by atoms with Gasteiger partial charge in [0.05, 0.1) is 12.5 Å². The Bertz CT molecular complexity index is 426. The first-order valence-corrected chi connectivity index (χ1v) is 9.35. The first-order valence-electron chi connectivity index (χ1n) is 9.35. The number of carbonyl (C=O) groups is 2. The fraction of sp³-hybridized carbons (Fsp3) is 0.889. The van der Waals surface area contributed by atoms with E-state index in [-0.39, 0.29) is 24.0 Å². The zero-order chi connectivity index (χ0) is 16.2. The Balaban J connectivity index is 1.56. The molecule has 0 bridgehead atoms. The molecule has 0 radical (unpaired) electrons. The molecule has 2 amide bonds. The molecule has 3 aliphatic rings. The maximum atomic E-state index is 12.8. The molecule has 23 heavy (non-hydrogen) atoms. The Kier molecular flexibility index (Phi) is 5.57. The van der Waals surface area contributed by atoms with Gasteiger partial charge in [-0.25, -0.2) is 0 Å². The molecule has 5 heteroatoms. The van der Waals surface area contributed by atoms with E-state index in [1.807, 2.05) is 9.80 Å². The fourth-order valence-electron chi connectivity index (χ4n) is 4.04. The molecule has 3 aliphatic heterocycles. The first kappa shape index (κ1) is 16.7. The fourth-order valence-corrected chi connectivity index (χ4v) is 4.04. The third-order valence-electron chi connectivity index (χ3n) is 5.63. The van der Waals surface area contributed by atoms with Crippen molar-refractivity contribution in [3.05, 3.63) is 0 Å². The van der Waals surface area contributed by atoms with E-state index < -0.39 is 0 Å². The van der Waals surface area contributed by atoms with Crippen LogP contribution in [0.15, 0.2) is 0 Å². The molecule has 3 heterocycles. The van der Waals surface area contributed by atoms with Crippen LogP contribution in [0.5, 0.6) is 0 Å². The van der Waals surface area contributed by atoms with E-state index in [9.17, 15) is 9.59 Å². The number of piperidine rings is 1. The zero-order valence-corrected chi connectivity index (χ0v) is 14.3. The highest BCUT2D eigenvalue weighted by atomic mass is 16.5. The van der Waals surface area contributed by atoms with Gasteiger partial charge in [0, 0.05) is 26.2 Å². The number of ether oxygens (including phenoxy) is 1.